The minimum atomic E-state index is -1.03. The van der Waals surface area contributed by atoms with Crippen LogP contribution in [0.1, 0.15) is 18.9 Å². The van der Waals surface area contributed by atoms with Crippen molar-refractivity contribution >= 4 is 11.9 Å². The van der Waals surface area contributed by atoms with Crippen molar-refractivity contribution in [2.24, 2.45) is 0 Å². The van der Waals surface area contributed by atoms with E-state index in [-0.39, 0.29) is 6.61 Å². The lowest BCUT2D eigenvalue weighted by atomic mass is 10.2. The summed E-state index contributed by atoms with van der Waals surface area (Å²) in [5, 5.41) is 11.2. The maximum Gasteiger partial charge on any atom is 0.326 e. The molecule has 1 amide bonds. The fourth-order valence-electron chi connectivity index (χ4n) is 1.41. The highest BCUT2D eigenvalue weighted by Crippen LogP contribution is 2.00. The molecule has 1 rings (SSSR count). The molecule has 18 heavy (non-hydrogen) atoms. The van der Waals surface area contributed by atoms with Crippen molar-refractivity contribution in [2.75, 3.05) is 6.61 Å². The molecule has 5 nitrogen and oxygen atoms in total. The van der Waals surface area contributed by atoms with Crippen LogP contribution in [0.4, 0.5) is 0 Å². The van der Waals surface area contributed by atoms with E-state index in [4.69, 9.17) is 9.84 Å². The molecular formula is C13H17NO4. The van der Waals surface area contributed by atoms with E-state index in [0.717, 1.165) is 5.56 Å². The first kappa shape index (κ1) is 14.2. The van der Waals surface area contributed by atoms with Crippen LogP contribution in [-0.4, -0.2) is 29.6 Å². The van der Waals surface area contributed by atoms with E-state index >= 15 is 0 Å². The molecular weight excluding hydrogens is 234 g/mol. The van der Waals surface area contributed by atoms with E-state index in [1.165, 1.54) is 0 Å². The monoisotopic (exact) mass is 251 g/mol. The van der Waals surface area contributed by atoms with Gasteiger partial charge in [0.15, 0.2) is 0 Å². The van der Waals surface area contributed by atoms with E-state index in [1.807, 2.05) is 30.3 Å². The van der Waals surface area contributed by atoms with Crippen molar-refractivity contribution in [1.29, 1.82) is 0 Å². The van der Waals surface area contributed by atoms with Crippen molar-refractivity contribution in [3.05, 3.63) is 35.9 Å². The van der Waals surface area contributed by atoms with Gasteiger partial charge in [0.05, 0.1) is 6.61 Å². The molecule has 1 aromatic carbocycles. The number of carbonyl (C=O) groups is 2. The van der Waals surface area contributed by atoms with Crippen molar-refractivity contribution < 1.29 is 19.4 Å². The first-order valence-electron chi connectivity index (χ1n) is 5.77. The Labute approximate surface area is 106 Å². The number of benzene rings is 1. The van der Waals surface area contributed by atoms with Gasteiger partial charge in [0.25, 0.3) is 0 Å². The maximum atomic E-state index is 11.4. The summed E-state index contributed by atoms with van der Waals surface area (Å²) in [6, 6.07) is 8.60. The summed E-state index contributed by atoms with van der Waals surface area (Å²) in [5.41, 5.74) is 0.968. The Morgan fingerprint density at radius 1 is 1.33 bits per heavy atom. The molecule has 0 unspecified atom stereocenters. The molecule has 0 fully saturated rings. The van der Waals surface area contributed by atoms with Gasteiger partial charge in [-0.05, 0) is 12.0 Å². The molecule has 0 aliphatic carbocycles. The van der Waals surface area contributed by atoms with Crippen LogP contribution in [0.3, 0.4) is 0 Å². The molecule has 0 saturated heterocycles. The number of aliphatic carboxylic acids is 1. The molecule has 0 heterocycles. The summed E-state index contributed by atoms with van der Waals surface area (Å²) in [4.78, 5) is 22.1. The standard InChI is InChI=1S/C13H17NO4/c1-2-11(13(16)17)14-12(15)9-18-8-10-6-4-3-5-7-10/h3-7,11H,2,8-9H2,1H3,(H,14,15)(H,16,17)/t11-/m1/s1. The number of carboxylic acid groups (broad SMARTS) is 1. The molecule has 98 valence electrons. The van der Waals surface area contributed by atoms with Crippen molar-refractivity contribution in [3.63, 3.8) is 0 Å². The van der Waals surface area contributed by atoms with Gasteiger partial charge >= 0.3 is 5.97 Å². The second-order valence-corrected chi connectivity index (χ2v) is 3.84. The average Bonchev–Trinajstić information content (AvgIpc) is 2.37. The van der Waals surface area contributed by atoms with Crippen LogP contribution in [0.25, 0.3) is 0 Å². The number of hydrogen-bond acceptors (Lipinski definition) is 3. The lowest BCUT2D eigenvalue weighted by Crippen LogP contribution is -2.41. The summed E-state index contributed by atoms with van der Waals surface area (Å²) in [7, 11) is 0. The number of ether oxygens (including phenoxy) is 1. The highest BCUT2D eigenvalue weighted by molar-refractivity contribution is 5.84. The third kappa shape index (κ3) is 4.97. The average molecular weight is 251 g/mol. The van der Waals surface area contributed by atoms with Crippen LogP contribution < -0.4 is 5.32 Å². The fourth-order valence-corrected chi connectivity index (χ4v) is 1.41. The van der Waals surface area contributed by atoms with Crippen molar-refractivity contribution in [2.45, 2.75) is 26.0 Å². The Bertz CT molecular complexity index is 391. The number of rotatable bonds is 7. The van der Waals surface area contributed by atoms with Gasteiger partial charge in [-0.25, -0.2) is 4.79 Å². The molecule has 0 aliphatic rings. The van der Waals surface area contributed by atoms with Crippen molar-refractivity contribution in [3.8, 4) is 0 Å². The van der Waals surface area contributed by atoms with Gasteiger partial charge in [-0.15, -0.1) is 0 Å². The fraction of sp³-hybridized carbons (Fsp3) is 0.385. The Balaban J connectivity index is 2.27. The highest BCUT2D eigenvalue weighted by Gasteiger charge is 2.17. The first-order valence-corrected chi connectivity index (χ1v) is 5.77. The van der Waals surface area contributed by atoms with E-state index in [2.05, 4.69) is 5.32 Å². The second-order valence-electron chi connectivity index (χ2n) is 3.84. The lowest BCUT2D eigenvalue weighted by molar-refractivity contribution is -0.142. The smallest absolute Gasteiger partial charge is 0.326 e. The van der Waals surface area contributed by atoms with Gasteiger partial charge in [0.1, 0.15) is 12.6 Å². The quantitative estimate of drug-likeness (QED) is 0.763. The SMILES string of the molecule is CC[C@@H](NC(=O)COCc1ccccc1)C(=O)O. The van der Waals surface area contributed by atoms with Crippen LogP contribution in [0.5, 0.6) is 0 Å². The normalized spacial score (nSPS) is 11.8. The summed E-state index contributed by atoms with van der Waals surface area (Å²) < 4.78 is 5.20. The molecule has 0 aromatic heterocycles. The molecule has 0 spiro atoms. The van der Waals surface area contributed by atoms with E-state index in [0.29, 0.717) is 13.0 Å². The first-order chi connectivity index (χ1) is 8.63. The maximum absolute atomic E-state index is 11.4. The number of carboxylic acids is 1. The third-order valence-corrected chi connectivity index (χ3v) is 2.39. The Hall–Kier alpha value is -1.88. The molecule has 5 heteroatoms. The van der Waals surface area contributed by atoms with Gasteiger partial charge in [-0.2, -0.15) is 0 Å². The predicted molar refractivity (Wildman–Crippen MR) is 66.0 cm³/mol. The Kier molecular flexibility index (Phi) is 5.87. The van der Waals surface area contributed by atoms with Gasteiger partial charge in [0, 0.05) is 0 Å². The molecule has 2 N–H and O–H groups in total. The summed E-state index contributed by atoms with van der Waals surface area (Å²) >= 11 is 0. The minimum absolute atomic E-state index is 0.140. The van der Waals surface area contributed by atoms with Gasteiger partial charge in [-0.1, -0.05) is 37.3 Å². The van der Waals surface area contributed by atoms with Crippen LogP contribution in [-0.2, 0) is 20.9 Å². The van der Waals surface area contributed by atoms with Crippen LogP contribution >= 0.6 is 0 Å². The molecule has 0 aliphatic heterocycles. The van der Waals surface area contributed by atoms with Crippen molar-refractivity contribution in [1.82, 2.24) is 5.32 Å². The molecule has 1 aromatic rings. The lowest BCUT2D eigenvalue weighted by Gasteiger charge is -2.12. The summed E-state index contributed by atoms with van der Waals surface area (Å²) in [5.74, 6) is -1.45. The van der Waals surface area contributed by atoms with E-state index in [1.54, 1.807) is 6.92 Å². The molecule has 0 saturated carbocycles. The zero-order valence-corrected chi connectivity index (χ0v) is 10.3. The Morgan fingerprint density at radius 2 is 2.00 bits per heavy atom. The van der Waals surface area contributed by atoms with Gasteiger partial charge in [-0.3, -0.25) is 4.79 Å². The zero-order chi connectivity index (χ0) is 13.4. The highest BCUT2D eigenvalue weighted by atomic mass is 16.5. The van der Waals surface area contributed by atoms with Crippen LogP contribution in [0, 0.1) is 0 Å². The number of hydrogen-bond donors (Lipinski definition) is 2. The van der Waals surface area contributed by atoms with Crippen LogP contribution in [0.15, 0.2) is 30.3 Å². The minimum Gasteiger partial charge on any atom is -0.480 e. The predicted octanol–water partition coefficient (Wildman–Crippen LogP) is 1.18. The third-order valence-electron chi connectivity index (χ3n) is 2.39. The molecule has 0 bridgehead atoms. The number of amides is 1. The Morgan fingerprint density at radius 3 is 2.56 bits per heavy atom. The number of carbonyl (C=O) groups excluding carboxylic acids is 1. The second kappa shape index (κ2) is 7.45. The van der Waals surface area contributed by atoms with E-state index < -0.39 is 17.9 Å². The van der Waals surface area contributed by atoms with Gasteiger partial charge < -0.3 is 15.2 Å². The largest absolute Gasteiger partial charge is 0.480 e. The topological polar surface area (TPSA) is 75.6 Å². The van der Waals surface area contributed by atoms with Crippen LogP contribution in [0.2, 0.25) is 0 Å². The summed E-state index contributed by atoms with van der Waals surface area (Å²) in [6.07, 6.45) is 0.347. The molecule has 1 atom stereocenters. The van der Waals surface area contributed by atoms with E-state index in [9.17, 15) is 9.59 Å². The number of nitrogens with one attached hydrogen (secondary N) is 1. The van der Waals surface area contributed by atoms with Gasteiger partial charge in [0.2, 0.25) is 5.91 Å². The molecule has 0 radical (unpaired) electrons. The zero-order valence-electron chi connectivity index (χ0n) is 10.3. The summed E-state index contributed by atoms with van der Waals surface area (Å²) in [6.45, 7) is 1.89.